The number of benzene rings is 3. The SMILES string of the molecule is COc1ccc(C(=O)CC2(O)C(=O)N(Cc3cccc(F)c3)c3ccccc32)cc1OC. The summed E-state index contributed by atoms with van der Waals surface area (Å²) in [6.07, 6.45) is -0.446. The molecule has 0 radical (unpaired) electrons. The Morgan fingerprint density at radius 1 is 1.00 bits per heavy atom. The second-order valence-corrected chi connectivity index (χ2v) is 7.57. The molecule has 0 saturated carbocycles. The van der Waals surface area contributed by atoms with Gasteiger partial charge >= 0.3 is 0 Å². The van der Waals surface area contributed by atoms with Crippen molar-refractivity contribution in [2.24, 2.45) is 0 Å². The van der Waals surface area contributed by atoms with Crippen LogP contribution in [0.5, 0.6) is 11.5 Å². The maximum atomic E-state index is 13.6. The smallest absolute Gasteiger partial charge is 0.264 e. The molecule has 1 unspecified atom stereocenters. The van der Waals surface area contributed by atoms with Gasteiger partial charge in [-0.15, -0.1) is 0 Å². The Morgan fingerprint density at radius 2 is 1.75 bits per heavy atom. The number of nitrogens with zero attached hydrogens (tertiary/aromatic N) is 1. The van der Waals surface area contributed by atoms with E-state index in [0.717, 1.165) is 0 Å². The normalized spacial score (nSPS) is 17.2. The minimum atomic E-state index is -2.03. The summed E-state index contributed by atoms with van der Waals surface area (Å²) >= 11 is 0. The van der Waals surface area contributed by atoms with E-state index in [0.29, 0.717) is 28.3 Å². The van der Waals surface area contributed by atoms with Gasteiger partial charge in [-0.05, 0) is 42.0 Å². The summed E-state index contributed by atoms with van der Waals surface area (Å²) in [6.45, 7) is 0.0699. The first-order chi connectivity index (χ1) is 15.4. The molecule has 0 bridgehead atoms. The number of aliphatic hydroxyl groups is 1. The van der Waals surface area contributed by atoms with E-state index in [-0.39, 0.29) is 12.1 Å². The van der Waals surface area contributed by atoms with Crippen LogP contribution < -0.4 is 14.4 Å². The zero-order valence-corrected chi connectivity index (χ0v) is 17.7. The van der Waals surface area contributed by atoms with Crippen molar-refractivity contribution in [1.82, 2.24) is 0 Å². The molecule has 1 amide bonds. The second-order valence-electron chi connectivity index (χ2n) is 7.57. The van der Waals surface area contributed by atoms with E-state index < -0.39 is 29.5 Å². The third kappa shape index (κ3) is 3.71. The van der Waals surface area contributed by atoms with Crippen molar-refractivity contribution >= 4 is 17.4 Å². The lowest BCUT2D eigenvalue weighted by atomic mass is 9.88. The average molecular weight is 435 g/mol. The molecule has 1 heterocycles. The highest BCUT2D eigenvalue weighted by Gasteiger charge is 2.50. The Hall–Kier alpha value is -3.71. The Labute approximate surface area is 184 Å². The number of halogens is 1. The number of rotatable bonds is 7. The van der Waals surface area contributed by atoms with Gasteiger partial charge in [-0.1, -0.05) is 30.3 Å². The number of ether oxygens (including phenoxy) is 2. The number of carbonyl (C=O) groups excluding carboxylic acids is 2. The fraction of sp³-hybridized carbons (Fsp3) is 0.200. The van der Waals surface area contributed by atoms with Crippen molar-refractivity contribution in [3.8, 4) is 11.5 Å². The lowest BCUT2D eigenvalue weighted by Gasteiger charge is -2.23. The fourth-order valence-electron chi connectivity index (χ4n) is 4.00. The number of hydrogen-bond acceptors (Lipinski definition) is 5. The van der Waals surface area contributed by atoms with Crippen molar-refractivity contribution in [2.45, 2.75) is 18.6 Å². The van der Waals surface area contributed by atoms with Gasteiger partial charge in [0.25, 0.3) is 5.91 Å². The van der Waals surface area contributed by atoms with Crippen molar-refractivity contribution in [3.05, 3.63) is 89.2 Å². The molecule has 0 saturated heterocycles. The number of methoxy groups -OCH3 is 2. The van der Waals surface area contributed by atoms with Gasteiger partial charge in [0.2, 0.25) is 0 Å². The first kappa shape index (κ1) is 21.5. The molecular formula is C25H22FNO5. The topological polar surface area (TPSA) is 76.1 Å². The number of fused-ring (bicyclic) bond motifs is 1. The monoisotopic (exact) mass is 435 g/mol. The van der Waals surface area contributed by atoms with E-state index in [1.54, 1.807) is 48.5 Å². The van der Waals surface area contributed by atoms with Gasteiger partial charge in [0.1, 0.15) is 5.82 Å². The maximum Gasteiger partial charge on any atom is 0.264 e. The number of hydrogen-bond donors (Lipinski definition) is 1. The van der Waals surface area contributed by atoms with Crippen LogP contribution in [-0.4, -0.2) is 31.0 Å². The van der Waals surface area contributed by atoms with Crippen LogP contribution >= 0.6 is 0 Å². The Balaban J connectivity index is 1.66. The van der Waals surface area contributed by atoms with Crippen LogP contribution in [-0.2, 0) is 16.9 Å². The molecular weight excluding hydrogens is 413 g/mol. The second kappa shape index (κ2) is 8.43. The number of amides is 1. The Morgan fingerprint density at radius 3 is 2.47 bits per heavy atom. The van der Waals surface area contributed by atoms with Crippen molar-refractivity contribution in [3.63, 3.8) is 0 Å². The van der Waals surface area contributed by atoms with Crippen LogP contribution in [0.4, 0.5) is 10.1 Å². The summed E-state index contributed by atoms with van der Waals surface area (Å²) in [5.74, 6) is -0.634. The molecule has 4 rings (SSSR count). The van der Waals surface area contributed by atoms with Gasteiger partial charge in [-0.3, -0.25) is 9.59 Å². The van der Waals surface area contributed by atoms with E-state index in [1.807, 2.05) is 0 Å². The largest absolute Gasteiger partial charge is 0.493 e. The molecule has 32 heavy (non-hydrogen) atoms. The molecule has 1 N–H and O–H groups in total. The summed E-state index contributed by atoms with van der Waals surface area (Å²) < 4.78 is 24.1. The molecule has 3 aromatic rings. The van der Waals surface area contributed by atoms with Gasteiger partial charge in [-0.2, -0.15) is 0 Å². The van der Waals surface area contributed by atoms with Gasteiger partial charge in [0.15, 0.2) is 22.9 Å². The molecule has 7 heteroatoms. The zero-order chi connectivity index (χ0) is 22.9. The van der Waals surface area contributed by atoms with Gasteiger partial charge in [0, 0.05) is 11.1 Å². The quantitative estimate of drug-likeness (QED) is 0.571. The van der Waals surface area contributed by atoms with Crippen LogP contribution in [0.2, 0.25) is 0 Å². The summed E-state index contributed by atoms with van der Waals surface area (Å²) in [4.78, 5) is 27.8. The lowest BCUT2D eigenvalue weighted by molar-refractivity contribution is -0.136. The molecule has 1 aliphatic heterocycles. The first-order valence-electron chi connectivity index (χ1n) is 10.0. The number of para-hydroxylation sites is 1. The number of ketones is 1. The molecule has 1 atom stereocenters. The molecule has 1 aliphatic rings. The summed E-state index contributed by atoms with van der Waals surface area (Å²) in [7, 11) is 2.95. The van der Waals surface area contributed by atoms with E-state index in [2.05, 4.69) is 0 Å². The highest BCUT2D eigenvalue weighted by molar-refractivity contribution is 6.10. The summed E-state index contributed by atoms with van der Waals surface area (Å²) in [5, 5.41) is 11.4. The van der Waals surface area contributed by atoms with Crippen LogP contribution in [0, 0.1) is 5.82 Å². The molecule has 0 spiro atoms. The number of Topliss-reactive ketones (excluding diaryl/α,β-unsaturated/α-hetero) is 1. The lowest BCUT2D eigenvalue weighted by Crippen LogP contribution is -2.41. The van der Waals surface area contributed by atoms with Crippen LogP contribution in [0.1, 0.15) is 27.9 Å². The highest BCUT2D eigenvalue weighted by Crippen LogP contribution is 2.43. The van der Waals surface area contributed by atoms with E-state index in [4.69, 9.17) is 9.47 Å². The molecule has 6 nitrogen and oxygen atoms in total. The Kier molecular flexibility index (Phi) is 5.67. The van der Waals surface area contributed by atoms with Gasteiger partial charge in [0.05, 0.1) is 32.9 Å². The maximum absolute atomic E-state index is 13.6. The first-order valence-corrected chi connectivity index (χ1v) is 10.0. The van der Waals surface area contributed by atoms with Crippen molar-refractivity contribution in [2.75, 3.05) is 19.1 Å². The van der Waals surface area contributed by atoms with E-state index >= 15 is 0 Å². The molecule has 0 fully saturated rings. The highest BCUT2D eigenvalue weighted by atomic mass is 19.1. The Bertz CT molecular complexity index is 1190. The van der Waals surface area contributed by atoms with Crippen LogP contribution in [0.15, 0.2) is 66.7 Å². The van der Waals surface area contributed by atoms with Crippen LogP contribution in [0.3, 0.4) is 0 Å². The van der Waals surface area contributed by atoms with Crippen molar-refractivity contribution < 1.29 is 28.6 Å². The standard InChI is InChI=1S/C25H22FNO5/c1-31-22-11-10-17(13-23(22)32-2)21(28)14-25(30)19-8-3-4-9-20(19)27(24(25)29)15-16-6-5-7-18(26)12-16/h3-13,30H,14-15H2,1-2H3. The van der Waals surface area contributed by atoms with Crippen LogP contribution in [0.25, 0.3) is 0 Å². The van der Waals surface area contributed by atoms with Gasteiger partial charge < -0.3 is 19.5 Å². The van der Waals surface area contributed by atoms with Gasteiger partial charge in [-0.25, -0.2) is 4.39 Å². The third-order valence-corrected chi connectivity index (χ3v) is 5.59. The summed E-state index contributed by atoms with van der Waals surface area (Å²) in [5.41, 5.74) is -0.345. The zero-order valence-electron chi connectivity index (χ0n) is 17.7. The van der Waals surface area contributed by atoms with E-state index in [1.165, 1.54) is 37.3 Å². The molecule has 0 aromatic heterocycles. The minimum absolute atomic E-state index is 0.0699. The fourth-order valence-corrected chi connectivity index (χ4v) is 4.00. The number of anilines is 1. The molecule has 3 aromatic carbocycles. The molecule has 164 valence electrons. The third-order valence-electron chi connectivity index (χ3n) is 5.59. The minimum Gasteiger partial charge on any atom is -0.493 e. The number of carbonyl (C=O) groups is 2. The predicted octanol–water partition coefficient (Wildman–Crippen LogP) is 3.85. The average Bonchev–Trinajstić information content (AvgIpc) is 3.00. The molecule has 0 aliphatic carbocycles. The van der Waals surface area contributed by atoms with E-state index in [9.17, 15) is 19.1 Å². The summed E-state index contributed by atoms with van der Waals surface area (Å²) in [6, 6.07) is 17.3. The predicted molar refractivity (Wildman–Crippen MR) is 116 cm³/mol. The van der Waals surface area contributed by atoms with Crippen molar-refractivity contribution in [1.29, 1.82) is 0 Å².